The molecule has 1 saturated carbocycles. The van der Waals surface area contributed by atoms with Gasteiger partial charge >= 0.3 is 6.09 Å². The van der Waals surface area contributed by atoms with Gasteiger partial charge in [-0.15, -0.1) is 0 Å². The largest absolute Gasteiger partial charge is 0.444 e. The number of amides is 3. The first-order valence-corrected chi connectivity index (χ1v) is 13.1. The first-order valence-electron chi connectivity index (χ1n) is 13.1. The zero-order valence-electron chi connectivity index (χ0n) is 23.1. The molecule has 0 saturated heterocycles. The molecule has 2 aromatic carbocycles. The Morgan fingerprint density at radius 3 is 2.16 bits per heavy atom. The van der Waals surface area contributed by atoms with E-state index in [9.17, 15) is 14.4 Å². The van der Waals surface area contributed by atoms with Gasteiger partial charge in [0.05, 0.1) is 0 Å². The molecular formula is C30H41N3O4. The fourth-order valence-corrected chi connectivity index (χ4v) is 4.47. The van der Waals surface area contributed by atoms with Gasteiger partial charge in [-0.2, -0.15) is 0 Å². The van der Waals surface area contributed by atoms with Gasteiger partial charge in [0.2, 0.25) is 11.8 Å². The molecule has 1 fully saturated rings. The summed E-state index contributed by atoms with van der Waals surface area (Å²) >= 11 is 0. The van der Waals surface area contributed by atoms with Crippen molar-refractivity contribution in [3.8, 4) is 0 Å². The van der Waals surface area contributed by atoms with Gasteiger partial charge in [-0.05, 0) is 62.6 Å². The number of carbonyl (C=O) groups excluding carboxylic acids is 3. The zero-order chi connectivity index (χ0) is 27.3. The Kier molecular flexibility index (Phi) is 9.00. The van der Waals surface area contributed by atoms with Crippen LogP contribution in [0.4, 0.5) is 4.79 Å². The highest BCUT2D eigenvalue weighted by atomic mass is 16.6. The van der Waals surface area contributed by atoms with E-state index < -0.39 is 23.8 Å². The Bertz CT molecular complexity index is 1090. The number of benzene rings is 2. The van der Waals surface area contributed by atoms with Crippen molar-refractivity contribution in [2.45, 2.75) is 85.2 Å². The molecule has 0 spiro atoms. The summed E-state index contributed by atoms with van der Waals surface area (Å²) in [5, 5.41) is 5.84. The van der Waals surface area contributed by atoms with E-state index in [4.69, 9.17) is 4.74 Å². The lowest BCUT2D eigenvalue weighted by molar-refractivity contribution is -0.144. The molecule has 37 heavy (non-hydrogen) atoms. The van der Waals surface area contributed by atoms with E-state index in [0.29, 0.717) is 6.54 Å². The molecule has 1 aliphatic rings. The van der Waals surface area contributed by atoms with Crippen LogP contribution in [-0.2, 0) is 20.9 Å². The molecule has 0 radical (unpaired) electrons. The fraction of sp³-hybridized carbons (Fsp3) is 0.500. The quantitative estimate of drug-likeness (QED) is 0.492. The van der Waals surface area contributed by atoms with Crippen LogP contribution in [0.3, 0.4) is 0 Å². The number of hydrogen-bond donors (Lipinski definition) is 2. The maximum Gasteiger partial charge on any atom is 0.408 e. The highest BCUT2D eigenvalue weighted by Crippen LogP contribution is 2.41. The van der Waals surface area contributed by atoms with E-state index in [-0.39, 0.29) is 29.7 Å². The Hall–Kier alpha value is -3.35. The van der Waals surface area contributed by atoms with Gasteiger partial charge in [-0.1, -0.05) is 75.4 Å². The molecule has 1 aliphatic carbocycles. The van der Waals surface area contributed by atoms with Gasteiger partial charge in [-0.25, -0.2) is 4.79 Å². The maximum absolute atomic E-state index is 14.2. The Balaban J connectivity index is 1.97. The number of aryl methyl sites for hydroxylation is 1. The molecule has 2 N–H and O–H groups in total. The highest BCUT2D eigenvalue weighted by Gasteiger charge is 2.48. The molecule has 7 heteroatoms. The monoisotopic (exact) mass is 507 g/mol. The van der Waals surface area contributed by atoms with Crippen LogP contribution in [-0.4, -0.2) is 40.5 Å². The highest BCUT2D eigenvalue weighted by molar-refractivity contribution is 5.93. The molecule has 3 rings (SSSR count). The molecule has 7 nitrogen and oxygen atoms in total. The van der Waals surface area contributed by atoms with Crippen molar-refractivity contribution in [2.75, 3.05) is 0 Å². The average molecular weight is 508 g/mol. The van der Waals surface area contributed by atoms with Gasteiger partial charge in [0, 0.05) is 12.6 Å². The summed E-state index contributed by atoms with van der Waals surface area (Å²) in [5.74, 6) is -0.475. The average Bonchev–Trinajstić information content (AvgIpc) is 3.54. The number of nitrogens with zero attached hydrogens (tertiary/aromatic N) is 1. The maximum atomic E-state index is 14.2. The van der Waals surface area contributed by atoms with Gasteiger partial charge in [0.1, 0.15) is 17.7 Å². The third-order valence-corrected chi connectivity index (χ3v) is 6.60. The van der Waals surface area contributed by atoms with Crippen molar-refractivity contribution in [1.82, 2.24) is 15.5 Å². The lowest BCUT2D eigenvalue weighted by Gasteiger charge is -2.36. The molecule has 200 valence electrons. The fourth-order valence-electron chi connectivity index (χ4n) is 4.47. The van der Waals surface area contributed by atoms with Gasteiger partial charge in [0.25, 0.3) is 0 Å². The molecule has 0 aromatic heterocycles. The summed E-state index contributed by atoms with van der Waals surface area (Å²) in [6.07, 6.45) is 0.154. The van der Waals surface area contributed by atoms with Crippen LogP contribution in [0, 0.1) is 18.8 Å². The molecule has 4 unspecified atom stereocenters. The molecule has 0 aliphatic heterocycles. The van der Waals surface area contributed by atoms with Crippen LogP contribution in [0.5, 0.6) is 0 Å². The molecule has 2 aromatic rings. The standard InChI is InChI=1S/C30H41N3O4/c1-19(2)25(32-29(36)37-30(5,6)7)28(35)33(24-17-21(24)4)26(23-16-12-11-13-20(23)3)27(34)31-18-22-14-9-8-10-15-22/h8-16,19,21,24-26H,17-18H2,1-7H3,(H,31,34)(H,32,36). The second-order valence-electron chi connectivity index (χ2n) is 11.4. The van der Waals surface area contributed by atoms with Gasteiger partial charge in [0.15, 0.2) is 0 Å². The van der Waals surface area contributed by atoms with E-state index >= 15 is 0 Å². The van der Waals surface area contributed by atoms with Crippen molar-refractivity contribution in [2.24, 2.45) is 11.8 Å². The predicted octanol–water partition coefficient (Wildman–Crippen LogP) is 5.14. The van der Waals surface area contributed by atoms with Crippen molar-refractivity contribution >= 4 is 17.9 Å². The van der Waals surface area contributed by atoms with Crippen molar-refractivity contribution in [3.63, 3.8) is 0 Å². The topological polar surface area (TPSA) is 87.7 Å². The van der Waals surface area contributed by atoms with Crippen LogP contribution in [0.1, 0.15) is 70.7 Å². The van der Waals surface area contributed by atoms with Crippen molar-refractivity contribution in [1.29, 1.82) is 0 Å². The van der Waals surface area contributed by atoms with Crippen LogP contribution in [0.15, 0.2) is 54.6 Å². The lowest BCUT2D eigenvalue weighted by Crippen LogP contribution is -2.55. The summed E-state index contributed by atoms with van der Waals surface area (Å²) in [4.78, 5) is 42.4. The summed E-state index contributed by atoms with van der Waals surface area (Å²) in [6, 6.07) is 15.6. The van der Waals surface area contributed by atoms with Crippen LogP contribution >= 0.6 is 0 Å². The van der Waals surface area contributed by atoms with E-state index in [2.05, 4.69) is 17.6 Å². The van der Waals surface area contributed by atoms with Crippen LogP contribution in [0.2, 0.25) is 0 Å². The normalized spacial score (nSPS) is 18.5. The molecule has 0 bridgehead atoms. The van der Waals surface area contributed by atoms with Crippen LogP contribution < -0.4 is 10.6 Å². The minimum atomic E-state index is -0.837. The third-order valence-electron chi connectivity index (χ3n) is 6.60. The number of rotatable bonds is 9. The molecular weight excluding hydrogens is 466 g/mol. The first kappa shape index (κ1) is 28.2. The van der Waals surface area contributed by atoms with Gasteiger partial charge in [-0.3, -0.25) is 9.59 Å². The Labute approximate surface area is 221 Å². The SMILES string of the molecule is Cc1ccccc1C(C(=O)NCc1ccccc1)N(C(=O)C(NC(=O)OC(C)(C)C)C(C)C)C1CC1C. The first-order chi connectivity index (χ1) is 17.4. The van der Waals surface area contributed by atoms with Crippen LogP contribution in [0.25, 0.3) is 0 Å². The summed E-state index contributed by atoms with van der Waals surface area (Å²) < 4.78 is 5.44. The number of alkyl carbamates (subject to hydrolysis) is 1. The minimum absolute atomic E-state index is 0.0960. The Morgan fingerprint density at radius 2 is 1.62 bits per heavy atom. The molecule has 0 heterocycles. The zero-order valence-corrected chi connectivity index (χ0v) is 23.1. The smallest absolute Gasteiger partial charge is 0.408 e. The third kappa shape index (κ3) is 7.57. The van der Waals surface area contributed by atoms with Gasteiger partial charge < -0.3 is 20.3 Å². The lowest BCUT2D eigenvalue weighted by atomic mass is 9.95. The number of hydrogen-bond acceptors (Lipinski definition) is 4. The van der Waals surface area contributed by atoms with E-state index in [1.807, 2.05) is 75.4 Å². The molecule has 4 atom stereocenters. The summed E-state index contributed by atoms with van der Waals surface area (Å²) in [7, 11) is 0. The summed E-state index contributed by atoms with van der Waals surface area (Å²) in [5.41, 5.74) is 1.99. The molecule has 3 amide bonds. The minimum Gasteiger partial charge on any atom is -0.444 e. The van der Waals surface area contributed by atoms with E-state index in [1.165, 1.54) is 0 Å². The van der Waals surface area contributed by atoms with E-state index in [0.717, 1.165) is 23.1 Å². The van der Waals surface area contributed by atoms with Crippen molar-refractivity contribution < 1.29 is 19.1 Å². The number of ether oxygens (including phenoxy) is 1. The number of nitrogens with one attached hydrogen (secondary N) is 2. The van der Waals surface area contributed by atoms with Crippen molar-refractivity contribution in [3.05, 3.63) is 71.3 Å². The summed E-state index contributed by atoms with van der Waals surface area (Å²) in [6.45, 7) is 13.5. The van der Waals surface area contributed by atoms with E-state index in [1.54, 1.807) is 25.7 Å². The second-order valence-corrected chi connectivity index (χ2v) is 11.4. The Morgan fingerprint density at radius 1 is 1.03 bits per heavy atom. The second kappa shape index (κ2) is 11.8. The predicted molar refractivity (Wildman–Crippen MR) is 145 cm³/mol. The number of carbonyl (C=O) groups is 3.